The number of aryl methyl sites for hydroxylation is 2. The number of nitrogens with one attached hydrogen (secondary N) is 2. The molecule has 134 valence electrons. The summed E-state index contributed by atoms with van der Waals surface area (Å²) in [5.41, 5.74) is 3.67. The molecule has 0 spiro atoms. The summed E-state index contributed by atoms with van der Waals surface area (Å²) in [6, 6.07) is 5.21. The molecule has 0 unspecified atom stereocenters. The van der Waals surface area contributed by atoms with E-state index in [1.807, 2.05) is 27.7 Å². The van der Waals surface area contributed by atoms with Crippen molar-refractivity contribution in [3.8, 4) is 0 Å². The van der Waals surface area contributed by atoms with Gasteiger partial charge in [-0.05, 0) is 38.0 Å². The molecule has 2 amide bonds. The average molecular weight is 344 g/mol. The molecule has 0 aliphatic heterocycles. The van der Waals surface area contributed by atoms with E-state index in [2.05, 4.69) is 20.6 Å². The molecular weight excluding hydrogens is 320 g/mol. The first-order valence-electron chi connectivity index (χ1n) is 8.30. The zero-order valence-corrected chi connectivity index (χ0v) is 15.0. The number of nitrogens with zero attached hydrogens (tertiary/aromatic N) is 2. The van der Waals surface area contributed by atoms with Gasteiger partial charge >= 0.3 is 6.09 Å². The SMILES string of the molecule is Cc1nc2ccc(C(=O)NCCNC(=O)OCC(C)C)cc2nc1C. The van der Waals surface area contributed by atoms with Crippen LogP contribution in [0.4, 0.5) is 4.79 Å². The molecule has 0 fully saturated rings. The molecule has 0 bridgehead atoms. The molecule has 0 aliphatic carbocycles. The molecule has 25 heavy (non-hydrogen) atoms. The van der Waals surface area contributed by atoms with Crippen LogP contribution in [0.2, 0.25) is 0 Å². The molecular formula is C18H24N4O3. The minimum Gasteiger partial charge on any atom is -0.449 e. The van der Waals surface area contributed by atoms with Gasteiger partial charge in [-0.3, -0.25) is 4.79 Å². The van der Waals surface area contributed by atoms with Crippen molar-refractivity contribution >= 4 is 23.0 Å². The minimum absolute atomic E-state index is 0.223. The van der Waals surface area contributed by atoms with Gasteiger partial charge < -0.3 is 15.4 Å². The van der Waals surface area contributed by atoms with Crippen LogP contribution < -0.4 is 10.6 Å². The van der Waals surface area contributed by atoms with Gasteiger partial charge in [0, 0.05) is 18.7 Å². The van der Waals surface area contributed by atoms with E-state index in [0.29, 0.717) is 30.8 Å². The van der Waals surface area contributed by atoms with E-state index < -0.39 is 6.09 Å². The van der Waals surface area contributed by atoms with Gasteiger partial charge in [-0.25, -0.2) is 14.8 Å². The highest BCUT2D eigenvalue weighted by molar-refractivity contribution is 5.97. The predicted octanol–water partition coefficient (Wildman–Crippen LogP) is 2.36. The number of benzene rings is 1. The number of alkyl carbamates (subject to hydrolysis) is 1. The monoisotopic (exact) mass is 344 g/mol. The Morgan fingerprint density at radius 3 is 2.36 bits per heavy atom. The first kappa shape index (κ1) is 18.6. The van der Waals surface area contributed by atoms with Gasteiger partial charge in [0.1, 0.15) is 0 Å². The first-order valence-corrected chi connectivity index (χ1v) is 8.30. The molecule has 0 aliphatic rings. The zero-order valence-electron chi connectivity index (χ0n) is 15.0. The smallest absolute Gasteiger partial charge is 0.407 e. The molecule has 0 atom stereocenters. The fraction of sp³-hybridized carbons (Fsp3) is 0.444. The maximum absolute atomic E-state index is 12.2. The van der Waals surface area contributed by atoms with Crippen LogP contribution in [0.15, 0.2) is 18.2 Å². The van der Waals surface area contributed by atoms with Crippen LogP contribution >= 0.6 is 0 Å². The van der Waals surface area contributed by atoms with E-state index in [-0.39, 0.29) is 11.8 Å². The van der Waals surface area contributed by atoms with Gasteiger partial charge in [0.15, 0.2) is 0 Å². The maximum Gasteiger partial charge on any atom is 0.407 e. The van der Waals surface area contributed by atoms with Crippen molar-refractivity contribution in [3.63, 3.8) is 0 Å². The minimum atomic E-state index is -0.477. The topological polar surface area (TPSA) is 93.2 Å². The fourth-order valence-electron chi connectivity index (χ4n) is 2.11. The Morgan fingerprint density at radius 1 is 1.04 bits per heavy atom. The van der Waals surface area contributed by atoms with Gasteiger partial charge in [-0.2, -0.15) is 0 Å². The molecule has 1 aromatic heterocycles. The van der Waals surface area contributed by atoms with Gasteiger partial charge in [0.25, 0.3) is 5.91 Å². The number of carbonyl (C=O) groups excluding carboxylic acids is 2. The Balaban J connectivity index is 1.86. The highest BCUT2D eigenvalue weighted by Crippen LogP contribution is 2.14. The molecule has 1 aromatic carbocycles. The van der Waals surface area contributed by atoms with Crippen molar-refractivity contribution in [2.24, 2.45) is 5.92 Å². The third-order valence-electron chi connectivity index (χ3n) is 3.57. The highest BCUT2D eigenvalue weighted by Gasteiger charge is 2.09. The molecule has 7 heteroatoms. The van der Waals surface area contributed by atoms with E-state index in [1.54, 1.807) is 18.2 Å². The van der Waals surface area contributed by atoms with Crippen molar-refractivity contribution < 1.29 is 14.3 Å². The fourth-order valence-corrected chi connectivity index (χ4v) is 2.11. The number of hydrogen-bond donors (Lipinski definition) is 2. The lowest BCUT2D eigenvalue weighted by atomic mass is 10.1. The lowest BCUT2D eigenvalue weighted by Crippen LogP contribution is -2.35. The summed E-state index contributed by atoms with van der Waals surface area (Å²) in [7, 11) is 0. The van der Waals surface area contributed by atoms with Crippen LogP contribution in [0.3, 0.4) is 0 Å². The van der Waals surface area contributed by atoms with Gasteiger partial charge in [-0.1, -0.05) is 13.8 Å². The van der Waals surface area contributed by atoms with Gasteiger partial charge in [0.05, 0.1) is 29.0 Å². The summed E-state index contributed by atoms with van der Waals surface area (Å²) < 4.78 is 4.99. The number of fused-ring (bicyclic) bond motifs is 1. The molecule has 7 nitrogen and oxygen atoms in total. The largest absolute Gasteiger partial charge is 0.449 e. The number of carbonyl (C=O) groups is 2. The van der Waals surface area contributed by atoms with Crippen LogP contribution in [0.25, 0.3) is 11.0 Å². The Hall–Kier alpha value is -2.70. The van der Waals surface area contributed by atoms with Crippen LogP contribution in [0, 0.1) is 19.8 Å². The van der Waals surface area contributed by atoms with E-state index in [0.717, 1.165) is 16.9 Å². The van der Waals surface area contributed by atoms with Crippen LogP contribution in [-0.4, -0.2) is 41.7 Å². The van der Waals surface area contributed by atoms with Crippen molar-refractivity contribution in [2.45, 2.75) is 27.7 Å². The average Bonchev–Trinajstić information content (AvgIpc) is 2.57. The summed E-state index contributed by atoms with van der Waals surface area (Å²) in [6.45, 7) is 8.70. The second kappa shape index (κ2) is 8.41. The summed E-state index contributed by atoms with van der Waals surface area (Å²) in [4.78, 5) is 32.5. The number of rotatable bonds is 6. The van der Waals surface area contributed by atoms with Crippen molar-refractivity contribution in [2.75, 3.05) is 19.7 Å². The van der Waals surface area contributed by atoms with Crippen LogP contribution in [0.1, 0.15) is 35.6 Å². The first-order chi connectivity index (χ1) is 11.9. The molecule has 2 aromatic rings. The molecule has 0 radical (unpaired) electrons. The number of aromatic nitrogens is 2. The third-order valence-corrected chi connectivity index (χ3v) is 3.57. The maximum atomic E-state index is 12.2. The molecule has 2 rings (SSSR count). The molecule has 2 N–H and O–H groups in total. The van der Waals surface area contributed by atoms with Crippen molar-refractivity contribution in [3.05, 3.63) is 35.2 Å². The van der Waals surface area contributed by atoms with Crippen LogP contribution in [0.5, 0.6) is 0 Å². The predicted molar refractivity (Wildman–Crippen MR) is 95.5 cm³/mol. The van der Waals surface area contributed by atoms with Gasteiger partial charge in [0.2, 0.25) is 0 Å². The summed E-state index contributed by atoms with van der Waals surface area (Å²) in [5, 5.41) is 5.34. The lowest BCUT2D eigenvalue weighted by molar-refractivity contribution is 0.0951. The van der Waals surface area contributed by atoms with E-state index in [4.69, 9.17) is 4.74 Å². The number of ether oxygens (including phenoxy) is 1. The Kier molecular flexibility index (Phi) is 6.27. The van der Waals surface area contributed by atoms with Gasteiger partial charge in [-0.15, -0.1) is 0 Å². The molecule has 1 heterocycles. The van der Waals surface area contributed by atoms with E-state index >= 15 is 0 Å². The Bertz CT molecular complexity index is 774. The second-order valence-corrected chi connectivity index (χ2v) is 6.27. The quantitative estimate of drug-likeness (QED) is 0.785. The van der Waals surface area contributed by atoms with E-state index in [9.17, 15) is 9.59 Å². The highest BCUT2D eigenvalue weighted by atomic mass is 16.5. The summed E-state index contributed by atoms with van der Waals surface area (Å²) >= 11 is 0. The number of hydrogen-bond acceptors (Lipinski definition) is 5. The van der Waals surface area contributed by atoms with Crippen molar-refractivity contribution in [1.29, 1.82) is 0 Å². The second-order valence-electron chi connectivity index (χ2n) is 6.27. The standard InChI is InChI=1S/C18H24N4O3/c1-11(2)10-25-18(24)20-8-7-19-17(23)14-5-6-15-16(9-14)22-13(4)12(3)21-15/h5-6,9,11H,7-8,10H2,1-4H3,(H,19,23)(H,20,24). The molecule has 0 saturated heterocycles. The Morgan fingerprint density at radius 2 is 1.68 bits per heavy atom. The lowest BCUT2D eigenvalue weighted by Gasteiger charge is -2.10. The zero-order chi connectivity index (χ0) is 18.4. The number of amides is 2. The molecule has 0 saturated carbocycles. The van der Waals surface area contributed by atoms with Crippen molar-refractivity contribution in [1.82, 2.24) is 20.6 Å². The third kappa shape index (κ3) is 5.41. The van der Waals surface area contributed by atoms with Crippen LogP contribution in [-0.2, 0) is 4.74 Å². The Labute approximate surface area is 147 Å². The summed E-state index contributed by atoms with van der Waals surface area (Å²) in [6.07, 6.45) is -0.477. The summed E-state index contributed by atoms with van der Waals surface area (Å²) in [5.74, 6) is 0.0631. The van der Waals surface area contributed by atoms with E-state index in [1.165, 1.54) is 0 Å². The normalized spacial score (nSPS) is 10.8.